The average Bonchev–Trinajstić information content (AvgIpc) is 3.36. The smallest absolute Gasteiger partial charge is 0.281 e. The van der Waals surface area contributed by atoms with E-state index in [-0.39, 0.29) is 5.69 Å². The Kier molecular flexibility index (Phi) is 5.67. The van der Waals surface area contributed by atoms with Crippen molar-refractivity contribution in [1.82, 2.24) is 5.43 Å². The molecule has 0 atom stereocenters. The van der Waals surface area contributed by atoms with Crippen molar-refractivity contribution in [1.29, 1.82) is 0 Å². The monoisotopic (exact) mass is 503 g/mol. The molecule has 4 rings (SSSR count). The number of rotatable bonds is 5. The van der Waals surface area contributed by atoms with Crippen LogP contribution in [0.5, 0.6) is 0 Å². The number of carbonyl (C=O) groups excluding carboxylic acids is 1. The van der Waals surface area contributed by atoms with Gasteiger partial charge in [-0.15, -0.1) is 11.3 Å². The lowest BCUT2D eigenvalue weighted by atomic mass is 10.2. The molecule has 30 heavy (non-hydrogen) atoms. The van der Waals surface area contributed by atoms with Crippen LogP contribution in [0.2, 0.25) is 5.02 Å². The lowest BCUT2D eigenvalue weighted by Crippen LogP contribution is -2.15. The number of hydrogen-bond acceptors (Lipinski definition) is 6. The molecular formula is C20H11BrClN3O4S. The van der Waals surface area contributed by atoms with E-state index < -0.39 is 10.8 Å². The highest BCUT2D eigenvalue weighted by molar-refractivity contribution is 9.10. The summed E-state index contributed by atoms with van der Waals surface area (Å²) in [5.74, 6) is 0.654. The van der Waals surface area contributed by atoms with Crippen LogP contribution in [0.15, 0.2) is 68.6 Å². The van der Waals surface area contributed by atoms with Crippen LogP contribution in [0.25, 0.3) is 21.4 Å². The van der Waals surface area contributed by atoms with Gasteiger partial charge in [-0.2, -0.15) is 5.10 Å². The maximum atomic E-state index is 12.3. The summed E-state index contributed by atoms with van der Waals surface area (Å²) in [6.45, 7) is 0. The minimum Gasteiger partial charge on any atom is -0.455 e. The van der Waals surface area contributed by atoms with Crippen LogP contribution in [-0.2, 0) is 0 Å². The highest BCUT2D eigenvalue weighted by Gasteiger charge is 2.13. The summed E-state index contributed by atoms with van der Waals surface area (Å²) >= 11 is 10.7. The summed E-state index contributed by atoms with van der Waals surface area (Å²) in [6.07, 6.45) is 1.39. The predicted molar refractivity (Wildman–Crippen MR) is 120 cm³/mol. The minimum atomic E-state index is -0.471. The van der Waals surface area contributed by atoms with Gasteiger partial charge in [-0.3, -0.25) is 14.9 Å². The van der Waals surface area contributed by atoms with Crippen LogP contribution in [0, 0.1) is 10.1 Å². The summed E-state index contributed by atoms with van der Waals surface area (Å²) in [6, 6.07) is 15.0. The number of amides is 1. The number of benzene rings is 2. The zero-order valence-electron chi connectivity index (χ0n) is 15.0. The van der Waals surface area contributed by atoms with Crippen LogP contribution in [0.1, 0.15) is 15.4 Å². The second-order valence-corrected chi connectivity index (χ2v) is 8.47. The number of halogens is 2. The van der Waals surface area contributed by atoms with Crippen LogP contribution >= 0.6 is 38.9 Å². The molecule has 0 aliphatic rings. The van der Waals surface area contributed by atoms with Crippen molar-refractivity contribution < 1.29 is 14.1 Å². The maximum Gasteiger partial charge on any atom is 0.281 e. The van der Waals surface area contributed by atoms with Gasteiger partial charge in [0.05, 0.1) is 21.0 Å². The number of furan rings is 1. The van der Waals surface area contributed by atoms with Crippen molar-refractivity contribution >= 4 is 66.8 Å². The maximum absolute atomic E-state index is 12.3. The van der Waals surface area contributed by atoms with E-state index in [1.54, 1.807) is 30.3 Å². The number of nitro benzene ring substituents is 1. The molecule has 1 N–H and O–H groups in total. The molecule has 1 amide bonds. The normalized spacial score (nSPS) is 11.3. The third-order valence-corrected chi connectivity index (χ3v) is 6.47. The van der Waals surface area contributed by atoms with Crippen LogP contribution in [0.4, 0.5) is 5.69 Å². The fourth-order valence-electron chi connectivity index (χ4n) is 2.69. The van der Waals surface area contributed by atoms with Gasteiger partial charge in [0.2, 0.25) is 0 Å². The van der Waals surface area contributed by atoms with Gasteiger partial charge in [-0.05, 0) is 52.3 Å². The fourth-order valence-corrected chi connectivity index (χ4v) is 4.05. The summed E-state index contributed by atoms with van der Waals surface area (Å²) in [7, 11) is 0. The number of nitrogens with one attached hydrogen (secondary N) is 1. The molecule has 0 fully saturated rings. The first-order chi connectivity index (χ1) is 14.4. The van der Waals surface area contributed by atoms with E-state index in [0.717, 1.165) is 14.7 Å². The molecular weight excluding hydrogens is 494 g/mol. The molecule has 0 aliphatic carbocycles. The predicted octanol–water partition coefficient (Wildman–Crippen LogP) is 6.25. The topological polar surface area (TPSA) is 97.7 Å². The third-order valence-electron chi connectivity index (χ3n) is 4.12. The Balaban J connectivity index is 1.45. The molecule has 150 valence electrons. The van der Waals surface area contributed by atoms with E-state index in [9.17, 15) is 14.9 Å². The largest absolute Gasteiger partial charge is 0.455 e. The Hall–Kier alpha value is -3.01. The Bertz CT molecular complexity index is 1310. The molecule has 0 saturated heterocycles. The zero-order chi connectivity index (χ0) is 21.3. The van der Waals surface area contributed by atoms with Crippen molar-refractivity contribution in [2.24, 2.45) is 5.10 Å². The lowest BCUT2D eigenvalue weighted by molar-refractivity contribution is -0.384. The summed E-state index contributed by atoms with van der Waals surface area (Å²) in [5.41, 5.74) is 3.22. The summed E-state index contributed by atoms with van der Waals surface area (Å²) in [5, 5.41) is 16.0. The molecule has 2 aromatic carbocycles. The number of non-ortho nitro benzene ring substituents is 1. The Labute approximate surface area is 187 Å². The van der Waals surface area contributed by atoms with Crippen molar-refractivity contribution in [2.75, 3.05) is 0 Å². The number of hydrogen-bond donors (Lipinski definition) is 1. The minimum absolute atomic E-state index is 0.0223. The van der Waals surface area contributed by atoms with Crippen LogP contribution < -0.4 is 5.43 Å². The van der Waals surface area contributed by atoms with E-state index in [2.05, 4.69) is 26.5 Å². The first-order valence-corrected chi connectivity index (χ1v) is 10.5. The number of hydrazone groups is 1. The van der Waals surface area contributed by atoms with Crippen molar-refractivity contribution in [3.63, 3.8) is 0 Å². The number of nitro groups is 1. The summed E-state index contributed by atoms with van der Waals surface area (Å²) < 4.78 is 7.27. The Morgan fingerprint density at radius 2 is 2.03 bits per heavy atom. The fraction of sp³-hybridized carbons (Fsp3) is 0. The Morgan fingerprint density at radius 1 is 1.20 bits per heavy atom. The Morgan fingerprint density at radius 3 is 2.80 bits per heavy atom. The molecule has 0 aliphatic heterocycles. The van der Waals surface area contributed by atoms with Gasteiger partial charge in [0.25, 0.3) is 11.6 Å². The van der Waals surface area contributed by atoms with Gasteiger partial charge in [-0.1, -0.05) is 17.7 Å². The quantitative estimate of drug-likeness (QED) is 0.197. The molecule has 2 aromatic heterocycles. The zero-order valence-corrected chi connectivity index (χ0v) is 18.1. The number of thiophene rings is 1. The second-order valence-electron chi connectivity index (χ2n) is 6.12. The number of fused-ring (bicyclic) bond motifs is 1. The number of carbonyl (C=O) groups is 1. The summed E-state index contributed by atoms with van der Waals surface area (Å²) in [4.78, 5) is 23.1. The van der Waals surface area contributed by atoms with Gasteiger partial charge in [0.15, 0.2) is 0 Å². The van der Waals surface area contributed by atoms with Crippen molar-refractivity contribution in [2.45, 2.75) is 0 Å². The molecule has 7 nitrogen and oxygen atoms in total. The van der Waals surface area contributed by atoms with E-state index in [4.69, 9.17) is 16.0 Å². The van der Waals surface area contributed by atoms with Crippen molar-refractivity contribution in [3.05, 3.63) is 84.8 Å². The van der Waals surface area contributed by atoms with Gasteiger partial charge in [0, 0.05) is 32.3 Å². The molecule has 0 unspecified atom stereocenters. The van der Waals surface area contributed by atoms with E-state index in [0.29, 0.717) is 26.8 Å². The highest BCUT2D eigenvalue weighted by atomic mass is 79.9. The van der Waals surface area contributed by atoms with E-state index in [1.165, 1.54) is 29.7 Å². The van der Waals surface area contributed by atoms with Gasteiger partial charge < -0.3 is 4.42 Å². The van der Waals surface area contributed by atoms with Gasteiger partial charge >= 0.3 is 0 Å². The van der Waals surface area contributed by atoms with Gasteiger partial charge in [-0.25, -0.2) is 5.43 Å². The molecule has 0 spiro atoms. The highest BCUT2D eigenvalue weighted by Crippen LogP contribution is 2.30. The van der Waals surface area contributed by atoms with Crippen LogP contribution in [0.3, 0.4) is 0 Å². The first-order valence-electron chi connectivity index (χ1n) is 8.47. The molecule has 4 aromatic rings. The standard InChI is InChI=1S/C20H11BrClN3O4S/c21-15-4-1-11(8-16(15)22)17-5-3-14(29-17)10-23-24-20(26)19-9-12-7-13(25(27)28)2-6-18(12)30-19/h1-10H,(H,24,26)/b23-10-. The average molecular weight is 505 g/mol. The molecule has 2 heterocycles. The molecule has 10 heteroatoms. The first kappa shape index (κ1) is 20.3. The molecule has 0 radical (unpaired) electrons. The van der Waals surface area contributed by atoms with Gasteiger partial charge in [0.1, 0.15) is 11.5 Å². The van der Waals surface area contributed by atoms with Crippen LogP contribution in [-0.4, -0.2) is 17.0 Å². The molecule has 0 saturated carbocycles. The van der Waals surface area contributed by atoms with E-state index in [1.807, 2.05) is 12.1 Å². The second kappa shape index (κ2) is 8.39. The SMILES string of the molecule is O=C(N/N=C\c1ccc(-c2ccc(Br)c(Cl)c2)o1)c1cc2cc([N+](=O)[O-])ccc2s1. The lowest BCUT2D eigenvalue weighted by Gasteiger charge is -1.99. The third kappa shape index (κ3) is 4.28. The van der Waals surface area contributed by atoms with E-state index >= 15 is 0 Å². The molecule has 0 bridgehead atoms. The number of nitrogens with zero attached hydrogens (tertiary/aromatic N) is 2. The van der Waals surface area contributed by atoms with Crippen molar-refractivity contribution in [3.8, 4) is 11.3 Å².